The minimum absolute atomic E-state index is 0.260. The number of hydrogen-bond acceptors (Lipinski definition) is 4. The van der Waals surface area contributed by atoms with Crippen LogP contribution in [0.25, 0.3) is 0 Å². The van der Waals surface area contributed by atoms with Crippen LogP contribution in [0.4, 0.5) is 18.0 Å². The largest absolute Gasteiger partial charge is 0.490 e. The first-order valence-corrected chi connectivity index (χ1v) is 11.7. The lowest BCUT2D eigenvalue weighted by molar-refractivity contribution is -0.192. The number of rotatable bonds is 1. The quantitative estimate of drug-likeness (QED) is 0.473. The van der Waals surface area contributed by atoms with Crippen molar-refractivity contribution < 1.29 is 32.6 Å². The average Bonchev–Trinajstić information content (AvgIpc) is 3.58. The molecule has 0 aromatic rings. The molecule has 0 bridgehead atoms. The first kappa shape index (κ1) is 26.7. The van der Waals surface area contributed by atoms with Crippen LogP contribution in [-0.4, -0.2) is 41.0 Å². The van der Waals surface area contributed by atoms with E-state index in [0.29, 0.717) is 17.5 Å². The molecular formula is C23H39F3N2O4. The lowest BCUT2D eigenvalue weighted by atomic mass is 9.83. The Balaban J connectivity index is 0.000000191. The molecule has 6 nitrogen and oxygen atoms in total. The van der Waals surface area contributed by atoms with Crippen LogP contribution < -0.4 is 11.1 Å². The van der Waals surface area contributed by atoms with Crippen LogP contribution in [0.3, 0.4) is 0 Å². The summed E-state index contributed by atoms with van der Waals surface area (Å²) in [7, 11) is 0. The molecule has 0 aromatic heterocycles. The van der Waals surface area contributed by atoms with Crippen LogP contribution >= 0.6 is 0 Å². The summed E-state index contributed by atoms with van der Waals surface area (Å²) in [6, 6.07) is 0.872. The smallest absolute Gasteiger partial charge is 0.475 e. The number of carboxylic acid groups (broad SMARTS) is 1. The van der Waals surface area contributed by atoms with Gasteiger partial charge in [0.05, 0.1) is 0 Å². The van der Waals surface area contributed by atoms with Gasteiger partial charge in [0.25, 0.3) is 0 Å². The molecule has 4 rings (SSSR count). The summed E-state index contributed by atoms with van der Waals surface area (Å²) in [5.74, 6) is -2.76. The maximum Gasteiger partial charge on any atom is 0.490 e. The zero-order chi connectivity index (χ0) is 24.2. The number of nitrogens with one attached hydrogen (secondary N) is 1. The molecule has 0 heterocycles. The third-order valence-corrected chi connectivity index (χ3v) is 7.01. The van der Waals surface area contributed by atoms with E-state index in [1.54, 1.807) is 0 Å². The van der Waals surface area contributed by atoms with Gasteiger partial charge in [-0.1, -0.05) is 0 Å². The van der Waals surface area contributed by atoms with Gasteiger partial charge < -0.3 is 20.9 Å². The van der Waals surface area contributed by atoms with E-state index in [1.165, 1.54) is 64.2 Å². The lowest BCUT2D eigenvalue weighted by Gasteiger charge is -2.30. The van der Waals surface area contributed by atoms with Gasteiger partial charge in [-0.3, -0.25) is 0 Å². The highest BCUT2D eigenvalue weighted by atomic mass is 19.4. The van der Waals surface area contributed by atoms with Crippen molar-refractivity contribution >= 4 is 12.1 Å². The van der Waals surface area contributed by atoms with E-state index in [0.717, 1.165) is 18.3 Å². The maximum atomic E-state index is 11.6. The highest BCUT2D eigenvalue weighted by Crippen LogP contribution is 2.56. The Bertz CT molecular complexity index is 633. The van der Waals surface area contributed by atoms with Gasteiger partial charge in [-0.2, -0.15) is 13.2 Å². The fourth-order valence-electron chi connectivity index (χ4n) is 4.45. The van der Waals surface area contributed by atoms with Gasteiger partial charge in [0.2, 0.25) is 0 Å². The third kappa shape index (κ3) is 9.55. The summed E-state index contributed by atoms with van der Waals surface area (Å²) in [4.78, 5) is 20.5. The van der Waals surface area contributed by atoms with Crippen molar-refractivity contribution in [1.29, 1.82) is 0 Å². The predicted octanol–water partition coefficient (Wildman–Crippen LogP) is 5.54. The van der Waals surface area contributed by atoms with Crippen molar-refractivity contribution in [2.75, 3.05) is 0 Å². The molecule has 4 saturated carbocycles. The zero-order valence-corrected chi connectivity index (χ0v) is 19.5. The molecule has 0 atom stereocenters. The van der Waals surface area contributed by atoms with Crippen LogP contribution in [0.2, 0.25) is 0 Å². The minimum Gasteiger partial charge on any atom is -0.475 e. The van der Waals surface area contributed by atoms with Crippen molar-refractivity contribution in [2.24, 2.45) is 16.6 Å². The molecule has 9 heteroatoms. The van der Waals surface area contributed by atoms with Crippen LogP contribution in [0.15, 0.2) is 0 Å². The van der Waals surface area contributed by atoms with E-state index in [4.69, 9.17) is 20.4 Å². The number of hydrogen-bond donors (Lipinski definition) is 3. The van der Waals surface area contributed by atoms with E-state index in [1.807, 2.05) is 20.8 Å². The van der Waals surface area contributed by atoms with Crippen LogP contribution in [0.5, 0.6) is 0 Å². The Labute approximate surface area is 188 Å². The van der Waals surface area contributed by atoms with Gasteiger partial charge in [-0.05, 0) is 109 Å². The van der Waals surface area contributed by atoms with Crippen molar-refractivity contribution in [3.8, 4) is 0 Å². The van der Waals surface area contributed by atoms with Gasteiger partial charge in [0, 0.05) is 12.1 Å². The number of ether oxygens (including phenoxy) is 1. The number of aliphatic carboxylic acids is 1. The van der Waals surface area contributed by atoms with Crippen LogP contribution in [-0.2, 0) is 9.53 Å². The second-order valence-corrected chi connectivity index (χ2v) is 11.1. The van der Waals surface area contributed by atoms with Crippen molar-refractivity contribution in [2.45, 2.75) is 122 Å². The normalized spacial score (nSPS) is 25.5. The van der Waals surface area contributed by atoms with Crippen molar-refractivity contribution in [1.82, 2.24) is 5.32 Å². The second kappa shape index (κ2) is 10.2. The molecule has 0 unspecified atom stereocenters. The molecule has 4 N–H and O–H groups in total. The van der Waals surface area contributed by atoms with E-state index < -0.39 is 17.7 Å². The summed E-state index contributed by atoms with van der Waals surface area (Å²) in [5, 5.41) is 10.1. The molecular weight excluding hydrogens is 425 g/mol. The second-order valence-electron chi connectivity index (χ2n) is 11.1. The van der Waals surface area contributed by atoms with Gasteiger partial charge in [-0.15, -0.1) is 0 Å². The lowest BCUT2D eigenvalue weighted by Crippen LogP contribution is -2.41. The summed E-state index contributed by atoms with van der Waals surface area (Å²) in [6.07, 6.45) is 10.7. The monoisotopic (exact) mass is 464 g/mol. The minimum atomic E-state index is -5.08. The summed E-state index contributed by atoms with van der Waals surface area (Å²) in [6.45, 7) is 5.69. The van der Waals surface area contributed by atoms with E-state index >= 15 is 0 Å². The average molecular weight is 465 g/mol. The van der Waals surface area contributed by atoms with Crippen LogP contribution in [0.1, 0.15) is 97.8 Å². The molecule has 4 aliphatic carbocycles. The zero-order valence-electron chi connectivity index (χ0n) is 19.5. The van der Waals surface area contributed by atoms with Crippen molar-refractivity contribution in [3.63, 3.8) is 0 Å². The van der Waals surface area contributed by atoms with Crippen molar-refractivity contribution in [3.05, 3.63) is 0 Å². The highest BCUT2D eigenvalue weighted by molar-refractivity contribution is 5.73. The number of carbonyl (C=O) groups is 2. The number of alkyl halides is 3. The first-order valence-electron chi connectivity index (χ1n) is 11.7. The van der Waals surface area contributed by atoms with Crippen LogP contribution in [0, 0.1) is 10.8 Å². The molecule has 4 fully saturated rings. The number of halogens is 3. The number of amides is 1. The molecule has 0 radical (unpaired) electrons. The number of carbonyl (C=O) groups excluding carboxylic acids is 1. The molecule has 0 aliphatic heterocycles. The third-order valence-electron chi connectivity index (χ3n) is 7.01. The number of nitrogens with two attached hydrogens (primary N) is 1. The van der Waals surface area contributed by atoms with E-state index in [-0.39, 0.29) is 6.09 Å². The molecule has 0 aromatic carbocycles. The summed E-state index contributed by atoms with van der Waals surface area (Å²) in [5.41, 5.74) is 6.91. The fourth-order valence-corrected chi connectivity index (χ4v) is 4.45. The summed E-state index contributed by atoms with van der Waals surface area (Å²) >= 11 is 0. The fraction of sp³-hybridized carbons (Fsp3) is 0.913. The molecule has 2 spiro atoms. The molecule has 0 saturated heterocycles. The van der Waals surface area contributed by atoms with Gasteiger partial charge in [0.15, 0.2) is 0 Å². The summed E-state index contributed by atoms with van der Waals surface area (Å²) < 4.78 is 37.0. The maximum absolute atomic E-state index is 11.6. The topological polar surface area (TPSA) is 102 Å². The Morgan fingerprint density at radius 3 is 1.56 bits per heavy atom. The van der Waals surface area contributed by atoms with Gasteiger partial charge in [0.1, 0.15) is 5.60 Å². The number of carboxylic acids is 1. The highest BCUT2D eigenvalue weighted by Gasteiger charge is 2.45. The predicted molar refractivity (Wildman–Crippen MR) is 115 cm³/mol. The van der Waals surface area contributed by atoms with E-state index in [9.17, 15) is 18.0 Å². The van der Waals surface area contributed by atoms with Gasteiger partial charge >= 0.3 is 18.2 Å². The number of alkyl carbamates (subject to hydrolysis) is 1. The Morgan fingerprint density at radius 1 is 0.875 bits per heavy atom. The molecule has 186 valence electrons. The molecule has 4 aliphatic rings. The Kier molecular flexibility index (Phi) is 8.51. The standard InChI is InChI=1S/C13H23NO2.C8H15N.C2HF3O2/c1-12(2,3)16-11(15)14-10-4-6-13(7-5-10)8-9-13;9-7-1-3-8(4-2-7)5-6-8;3-2(4,5)1(6)7/h10H,4-9H2,1-3H3,(H,14,15);7H,1-6,9H2;(H,6,7). The van der Waals surface area contributed by atoms with E-state index in [2.05, 4.69) is 5.32 Å². The van der Waals surface area contributed by atoms with Gasteiger partial charge in [-0.25, -0.2) is 9.59 Å². The Hall–Kier alpha value is -1.51. The molecule has 32 heavy (non-hydrogen) atoms. The SMILES string of the molecule is CC(C)(C)OC(=O)NC1CCC2(CC1)CC2.NC1CCC2(CC1)CC2.O=C(O)C(F)(F)F. The molecule has 1 amide bonds. The first-order chi connectivity index (χ1) is 14.6. The Morgan fingerprint density at radius 2 is 1.25 bits per heavy atom.